The Labute approximate surface area is 186 Å². The largest absolute Gasteiger partial charge is 0.347 e. The third-order valence-electron chi connectivity index (χ3n) is 5.03. The summed E-state index contributed by atoms with van der Waals surface area (Å²) in [4.78, 5) is 24.8. The SMILES string of the molecule is Cc1ccccc1-n1nc(C(C)(C)C)cc1NC(=O)CNC(=O)CC(C)CC(C)(C)C. The third kappa shape index (κ3) is 7.53. The smallest absolute Gasteiger partial charge is 0.244 e. The van der Waals surface area contributed by atoms with Gasteiger partial charge < -0.3 is 10.6 Å². The topological polar surface area (TPSA) is 76.0 Å². The summed E-state index contributed by atoms with van der Waals surface area (Å²) in [5, 5.41) is 10.4. The molecule has 0 aliphatic heterocycles. The van der Waals surface area contributed by atoms with Crippen molar-refractivity contribution in [1.29, 1.82) is 0 Å². The maximum Gasteiger partial charge on any atom is 0.244 e. The minimum atomic E-state index is -0.271. The number of hydrogen-bond donors (Lipinski definition) is 2. The van der Waals surface area contributed by atoms with Gasteiger partial charge in [-0.15, -0.1) is 0 Å². The van der Waals surface area contributed by atoms with Crippen LogP contribution in [0.15, 0.2) is 30.3 Å². The second-order valence-electron chi connectivity index (χ2n) is 10.8. The average molecular weight is 427 g/mol. The summed E-state index contributed by atoms with van der Waals surface area (Å²) in [5.41, 5.74) is 2.86. The number of hydrogen-bond acceptors (Lipinski definition) is 3. The van der Waals surface area contributed by atoms with Gasteiger partial charge in [-0.2, -0.15) is 5.10 Å². The molecule has 0 saturated heterocycles. The number of aryl methyl sites for hydroxylation is 1. The van der Waals surface area contributed by atoms with Crippen LogP contribution in [0, 0.1) is 18.3 Å². The predicted octanol–water partition coefficient (Wildman–Crippen LogP) is 5.00. The highest BCUT2D eigenvalue weighted by Crippen LogP contribution is 2.28. The van der Waals surface area contributed by atoms with E-state index in [0.717, 1.165) is 23.4 Å². The highest BCUT2D eigenvalue weighted by molar-refractivity contribution is 5.94. The first-order valence-corrected chi connectivity index (χ1v) is 11.0. The Hall–Kier alpha value is -2.63. The van der Waals surface area contributed by atoms with Crippen molar-refractivity contribution in [2.75, 3.05) is 11.9 Å². The summed E-state index contributed by atoms with van der Waals surface area (Å²) in [6, 6.07) is 9.81. The Bertz CT molecular complexity index is 916. The molecule has 2 amide bonds. The van der Waals surface area contributed by atoms with Gasteiger partial charge in [-0.3, -0.25) is 9.59 Å². The molecule has 6 nitrogen and oxygen atoms in total. The monoisotopic (exact) mass is 426 g/mol. The Morgan fingerprint density at radius 2 is 1.71 bits per heavy atom. The van der Waals surface area contributed by atoms with Gasteiger partial charge in [0.05, 0.1) is 17.9 Å². The number of anilines is 1. The van der Waals surface area contributed by atoms with E-state index in [0.29, 0.717) is 12.2 Å². The summed E-state index contributed by atoms with van der Waals surface area (Å²) in [6.07, 6.45) is 1.37. The van der Waals surface area contributed by atoms with Gasteiger partial charge in [-0.1, -0.05) is 66.7 Å². The van der Waals surface area contributed by atoms with Crippen LogP contribution < -0.4 is 10.6 Å². The Balaban J connectivity index is 2.08. The van der Waals surface area contributed by atoms with Crippen LogP contribution in [0.1, 0.15) is 72.6 Å². The maximum atomic E-state index is 12.6. The number of nitrogens with one attached hydrogen (secondary N) is 2. The molecule has 0 saturated carbocycles. The fourth-order valence-corrected chi connectivity index (χ4v) is 3.69. The number of carbonyl (C=O) groups excluding carboxylic acids is 2. The molecule has 0 aliphatic rings. The average Bonchev–Trinajstić information content (AvgIpc) is 3.02. The zero-order chi connectivity index (χ0) is 23.4. The summed E-state index contributed by atoms with van der Waals surface area (Å²) in [7, 11) is 0. The van der Waals surface area contributed by atoms with Gasteiger partial charge in [0, 0.05) is 17.9 Å². The van der Waals surface area contributed by atoms with Crippen LogP contribution in [0.25, 0.3) is 5.69 Å². The number of para-hydroxylation sites is 1. The summed E-state index contributed by atoms with van der Waals surface area (Å²) in [6.45, 7) is 16.8. The number of carbonyl (C=O) groups is 2. The molecule has 0 aliphatic carbocycles. The Morgan fingerprint density at radius 1 is 1.06 bits per heavy atom. The summed E-state index contributed by atoms with van der Waals surface area (Å²) < 4.78 is 1.76. The Morgan fingerprint density at radius 3 is 2.29 bits per heavy atom. The van der Waals surface area contributed by atoms with E-state index in [-0.39, 0.29) is 35.1 Å². The van der Waals surface area contributed by atoms with E-state index in [4.69, 9.17) is 5.10 Å². The number of amides is 2. The summed E-state index contributed by atoms with van der Waals surface area (Å²) >= 11 is 0. The lowest BCUT2D eigenvalue weighted by Crippen LogP contribution is -2.34. The lowest BCUT2D eigenvalue weighted by Gasteiger charge is -2.22. The Kier molecular flexibility index (Phi) is 7.68. The maximum absolute atomic E-state index is 12.6. The van der Waals surface area contributed by atoms with E-state index < -0.39 is 0 Å². The number of rotatable bonds is 7. The number of aromatic nitrogens is 2. The molecule has 0 bridgehead atoms. The van der Waals surface area contributed by atoms with E-state index in [1.54, 1.807) is 4.68 Å². The van der Waals surface area contributed by atoms with E-state index in [1.165, 1.54) is 0 Å². The molecule has 170 valence electrons. The van der Waals surface area contributed by atoms with E-state index in [2.05, 4.69) is 59.1 Å². The second kappa shape index (κ2) is 9.67. The fraction of sp³-hybridized carbons (Fsp3) is 0.560. The standard InChI is InChI=1S/C25H38N4O2/c1-17(15-24(3,4)5)13-22(30)26-16-23(31)27-21-14-20(25(6,7)8)28-29(21)19-12-10-9-11-18(19)2/h9-12,14,17H,13,15-16H2,1-8H3,(H,26,30)(H,27,31). The zero-order valence-corrected chi connectivity index (χ0v) is 20.3. The van der Waals surface area contributed by atoms with Gasteiger partial charge in [0.25, 0.3) is 0 Å². The lowest BCUT2D eigenvalue weighted by atomic mass is 9.84. The number of nitrogens with zero attached hydrogens (tertiary/aromatic N) is 2. The first-order valence-electron chi connectivity index (χ1n) is 11.0. The molecule has 2 aromatic rings. The van der Waals surface area contributed by atoms with E-state index >= 15 is 0 Å². The third-order valence-corrected chi connectivity index (χ3v) is 5.03. The van der Waals surface area contributed by atoms with Crippen LogP contribution in [0.5, 0.6) is 0 Å². The van der Waals surface area contributed by atoms with Gasteiger partial charge >= 0.3 is 0 Å². The van der Waals surface area contributed by atoms with Crippen LogP contribution in [0.4, 0.5) is 5.82 Å². The van der Waals surface area contributed by atoms with Crippen LogP contribution >= 0.6 is 0 Å². The molecule has 31 heavy (non-hydrogen) atoms. The highest BCUT2D eigenvalue weighted by atomic mass is 16.2. The van der Waals surface area contributed by atoms with Crippen LogP contribution in [0.3, 0.4) is 0 Å². The second-order valence-corrected chi connectivity index (χ2v) is 10.8. The van der Waals surface area contributed by atoms with Gasteiger partial charge in [0.2, 0.25) is 11.8 Å². The van der Waals surface area contributed by atoms with E-state index in [9.17, 15) is 9.59 Å². The molecule has 1 heterocycles. The van der Waals surface area contributed by atoms with Crippen molar-refractivity contribution in [2.24, 2.45) is 11.3 Å². The molecule has 1 aromatic carbocycles. The van der Waals surface area contributed by atoms with Crippen molar-refractivity contribution in [3.05, 3.63) is 41.6 Å². The first kappa shape index (κ1) is 24.6. The molecular formula is C25H38N4O2. The summed E-state index contributed by atoms with van der Waals surface area (Å²) in [5.74, 6) is 0.487. The van der Waals surface area contributed by atoms with Crippen molar-refractivity contribution in [3.8, 4) is 5.69 Å². The molecular weight excluding hydrogens is 388 g/mol. The van der Waals surface area contributed by atoms with Crippen molar-refractivity contribution in [3.63, 3.8) is 0 Å². The van der Waals surface area contributed by atoms with Gasteiger partial charge in [0.1, 0.15) is 5.82 Å². The molecule has 6 heteroatoms. The fourth-order valence-electron chi connectivity index (χ4n) is 3.69. The molecule has 1 aromatic heterocycles. The number of benzene rings is 1. The molecule has 2 rings (SSSR count). The van der Waals surface area contributed by atoms with Gasteiger partial charge in [-0.05, 0) is 36.3 Å². The molecule has 1 atom stereocenters. The molecule has 0 spiro atoms. The van der Waals surface area contributed by atoms with Crippen molar-refractivity contribution in [1.82, 2.24) is 15.1 Å². The van der Waals surface area contributed by atoms with Gasteiger partial charge in [0.15, 0.2) is 0 Å². The first-order chi connectivity index (χ1) is 14.3. The quantitative estimate of drug-likeness (QED) is 0.654. The van der Waals surface area contributed by atoms with Crippen molar-refractivity contribution >= 4 is 17.6 Å². The van der Waals surface area contributed by atoms with E-state index in [1.807, 2.05) is 37.3 Å². The van der Waals surface area contributed by atoms with Gasteiger partial charge in [-0.25, -0.2) is 4.68 Å². The van der Waals surface area contributed by atoms with Crippen LogP contribution in [-0.4, -0.2) is 28.1 Å². The lowest BCUT2D eigenvalue weighted by molar-refractivity contribution is -0.124. The normalized spacial score (nSPS) is 13.0. The van der Waals surface area contributed by atoms with Crippen LogP contribution in [-0.2, 0) is 15.0 Å². The molecule has 0 radical (unpaired) electrons. The van der Waals surface area contributed by atoms with Crippen molar-refractivity contribution < 1.29 is 9.59 Å². The minimum absolute atomic E-state index is 0.0646. The molecule has 1 unspecified atom stereocenters. The highest BCUT2D eigenvalue weighted by Gasteiger charge is 2.22. The van der Waals surface area contributed by atoms with Crippen LogP contribution in [0.2, 0.25) is 0 Å². The minimum Gasteiger partial charge on any atom is -0.347 e. The zero-order valence-electron chi connectivity index (χ0n) is 20.3. The predicted molar refractivity (Wildman–Crippen MR) is 126 cm³/mol. The van der Waals surface area contributed by atoms with Crippen molar-refractivity contribution in [2.45, 2.75) is 73.6 Å². The molecule has 0 fully saturated rings. The molecule has 2 N–H and O–H groups in total.